The molecule has 0 radical (unpaired) electrons. The van der Waals surface area contributed by atoms with E-state index in [-0.39, 0.29) is 0 Å². The fourth-order valence-electron chi connectivity index (χ4n) is 1.70. The highest BCUT2D eigenvalue weighted by molar-refractivity contribution is 5.14. The molecule has 2 rings (SSSR count). The first kappa shape index (κ1) is 10.9. The van der Waals surface area contributed by atoms with Crippen molar-refractivity contribution in [2.45, 2.75) is 20.0 Å². The first-order valence-electron chi connectivity index (χ1n) is 5.33. The van der Waals surface area contributed by atoms with Crippen molar-refractivity contribution in [1.29, 1.82) is 0 Å². The Balaban J connectivity index is 1.86. The molecule has 0 atom stereocenters. The maximum absolute atomic E-state index is 4.30. The Kier molecular flexibility index (Phi) is 3.05. The summed E-state index contributed by atoms with van der Waals surface area (Å²) in [6.45, 7) is 3.64. The van der Waals surface area contributed by atoms with Gasteiger partial charge in [-0.2, -0.15) is 10.2 Å². The lowest BCUT2D eigenvalue weighted by Crippen LogP contribution is -2.13. The van der Waals surface area contributed by atoms with Gasteiger partial charge in [0.2, 0.25) is 0 Å². The van der Waals surface area contributed by atoms with Crippen molar-refractivity contribution >= 4 is 0 Å². The lowest BCUT2D eigenvalue weighted by Gasteiger charge is -2.00. The second-order valence-electron chi connectivity index (χ2n) is 4.00. The molecule has 0 saturated carbocycles. The average molecular weight is 219 g/mol. The van der Waals surface area contributed by atoms with Crippen LogP contribution in [0.3, 0.4) is 0 Å². The van der Waals surface area contributed by atoms with Crippen LogP contribution in [0.4, 0.5) is 0 Å². The van der Waals surface area contributed by atoms with E-state index in [1.165, 1.54) is 5.56 Å². The molecule has 2 heterocycles. The van der Waals surface area contributed by atoms with Gasteiger partial charge in [0, 0.05) is 45.1 Å². The molecule has 0 spiro atoms. The Morgan fingerprint density at radius 1 is 1.19 bits per heavy atom. The standard InChI is InChI=1S/C11H17N5/c1-9-10(8-16(3)13-9)6-12-7-11-4-5-15(2)14-11/h4-5,8,12H,6-7H2,1-3H3. The van der Waals surface area contributed by atoms with Gasteiger partial charge < -0.3 is 5.32 Å². The van der Waals surface area contributed by atoms with Crippen LogP contribution in [0, 0.1) is 6.92 Å². The summed E-state index contributed by atoms with van der Waals surface area (Å²) < 4.78 is 3.65. The second-order valence-corrected chi connectivity index (χ2v) is 4.00. The quantitative estimate of drug-likeness (QED) is 0.825. The van der Waals surface area contributed by atoms with Crippen molar-refractivity contribution in [3.8, 4) is 0 Å². The molecule has 2 aromatic rings. The van der Waals surface area contributed by atoms with Crippen LogP contribution in [0.15, 0.2) is 18.5 Å². The van der Waals surface area contributed by atoms with Gasteiger partial charge in [-0.3, -0.25) is 9.36 Å². The van der Waals surface area contributed by atoms with E-state index in [1.807, 2.05) is 48.8 Å². The lowest BCUT2D eigenvalue weighted by molar-refractivity contribution is 0.654. The number of hydrogen-bond donors (Lipinski definition) is 1. The average Bonchev–Trinajstić information content (AvgIpc) is 2.74. The van der Waals surface area contributed by atoms with E-state index in [9.17, 15) is 0 Å². The number of nitrogens with zero attached hydrogens (tertiary/aromatic N) is 4. The van der Waals surface area contributed by atoms with Crippen LogP contribution in [0.5, 0.6) is 0 Å². The molecule has 1 N–H and O–H groups in total. The molecule has 0 aliphatic heterocycles. The summed E-state index contributed by atoms with van der Waals surface area (Å²) in [5.74, 6) is 0. The van der Waals surface area contributed by atoms with Gasteiger partial charge in [0.25, 0.3) is 0 Å². The van der Waals surface area contributed by atoms with E-state index in [4.69, 9.17) is 0 Å². The molecular weight excluding hydrogens is 202 g/mol. The molecule has 0 saturated heterocycles. The molecule has 5 heteroatoms. The summed E-state index contributed by atoms with van der Waals surface area (Å²) in [7, 11) is 3.87. The van der Waals surface area contributed by atoms with Gasteiger partial charge >= 0.3 is 0 Å². The van der Waals surface area contributed by atoms with Crippen LogP contribution in [-0.2, 0) is 27.2 Å². The number of hydrogen-bond acceptors (Lipinski definition) is 3. The third-order valence-electron chi connectivity index (χ3n) is 2.51. The topological polar surface area (TPSA) is 47.7 Å². The minimum absolute atomic E-state index is 0.787. The predicted molar refractivity (Wildman–Crippen MR) is 61.7 cm³/mol. The maximum Gasteiger partial charge on any atom is 0.0762 e. The minimum Gasteiger partial charge on any atom is -0.307 e. The third kappa shape index (κ3) is 2.49. The zero-order chi connectivity index (χ0) is 11.5. The Morgan fingerprint density at radius 2 is 2.00 bits per heavy atom. The van der Waals surface area contributed by atoms with Crippen molar-refractivity contribution < 1.29 is 0 Å². The van der Waals surface area contributed by atoms with Gasteiger partial charge in [0.1, 0.15) is 0 Å². The number of aromatic nitrogens is 4. The van der Waals surface area contributed by atoms with E-state index in [0.717, 1.165) is 24.5 Å². The highest BCUT2D eigenvalue weighted by Gasteiger charge is 2.02. The van der Waals surface area contributed by atoms with Crippen molar-refractivity contribution in [1.82, 2.24) is 24.9 Å². The van der Waals surface area contributed by atoms with Gasteiger partial charge in [-0.1, -0.05) is 0 Å². The van der Waals surface area contributed by atoms with Crippen LogP contribution in [0.2, 0.25) is 0 Å². The normalized spacial score (nSPS) is 10.9. The molecule has 0 aromatic carbocycles. The van der Waals surface area contributed by atoms with Crippen molar-refractivity contribution in [3.63, 3.8) is 0 Å². The molecule has 0 fully saturated rings. The van der Waals surface area contributed by atoms with Crippen LogP contribution in [0.1, 0.15) is 17.0 Å². The zero-order valence-electron chi connectivity index (χ0n) is 9.94. The van der Waals surface area contributed by atoms with Crippen LogP contribution < -0.4 is 5.32 Å². The Morgan fingerprint density at radius 3 is 2.56 bits per heavy atom. The summed E-state index contributed by atoms with van der Waals surface area (Å²) in [5.41, 5.74) is 3.37. The molecular formula is C11H17N5. The monoisotopic (exact) mass is 219 g/mol. The zero-order valence-corrected chi connectivity index (χ0v) is 9.94. The predicted octanol–water partition coefficient (Wildman–Crippen LogP) is 0.752. The van der Waals surface area contributed by atoms with Crippen LogP contribution >= 0.6 is 0 Å². The van der Waals surface area contributed by atoms with E-state index < -0.39 is 0 Å². The van der Waals surface area contributed by atoms with E-state index >= 15 is 0 Å². The van der Waals surface area contributed by atoms with Crippen LogP contribution in [-0.4, -0.2) is 19.6 Å². The molecule has 0 bridgehead atoms. The summed E-state index contributed by atoms with van der Waals surface area (Å²) in [6, 6.07) is 2.02. The molecule has 0 amide bonds. The van der Waals surface area contributed by atoms with Gasteiger partial charge in [0.15, 0.2) is 0 Å². The number of aryl methyl sites for hydroxylation is 3. The molecule has 0 unspecified atom stereocenters. The Labute approximate surface area is 95.1 Å². The van der Waals surface area contributed by atoms with Gasteiger partial charge in [-0.15, -0.1) is 0 Å². The fraction of sp³-hybridized carbons (Fsp3) is 0.455. The minimum atomic E-state index is 0.787. The number of rotatable bonds is 4. The third-order valence-corrected chi connectivity index (χ3v) is 2.51. The summed E-state index contributed by atoms with van der Waals surface area (Å²) in [6.07, 6.45) is 3.99. The van der Waals surface area contributed by atoms with Gasteiger partial charge in [-0.25, -0.2) is 0 Å². The second kappa shape index (κ2) is 4.49. The van der Waals surface area contributed by atoms with E-state index in [1.54, 1.807) is 0 Å². The highest BCUT2D eigenvalue weighted by Crippen LogP contribution is 2.04. The van der Waals surface area contributed by atoms with E-state index in [0.29, 0.717) is 0 Å². The van der Waals surface area contributed by atoms with Crippen LogP contribution in [0.25, 0.3) is 0 Å². The molecule has 0 aliphatic rings. The summed E-state index contributed by atoms with van der Waals surface area (Å²) >= 11 is 0. The lowest BCUT2D eigenvalue weighted by atomic mass is 10.2. The SMILES string of the molecule is Cc1nn(C)cc1CNCc1ccn(C)n1. The summed E-state index contributed by atoms with van der Waals surface area (Å²) in [5, 5.41) is 12.0. The highest BCUT2D eigenvalue weighted by atomic mass is 15.3. The first-order valence-corrected chi connectivity index (χ1v) is 5.33. The van der Waals surface area contributed by atoms with Gasteiger partial charge in [-0.05, 0) is 13.0 Å². The van der Waals surface area contributed by atoms with E-state index in [2.05, 4.69) is 15.5 Å². The Bertz CT molecular complexity index is 468. The van der Waals surface area contributed by atoms with Gasteiger partial charge in [0.05, 0.1) is 11.4 Å². The largest absolute Gasteiger partial charge is 0.307 e. The molecule has 0 aliphatic carbocycles. The fourth-order valence-corrected chi connectivity index (χ4v) is 1.70. The maximum atomic E-state index is 4.30. The smallest absolute Gasteiger partial charge is 0.0762 e. The summed E-state index contributed by atoms with van der Waals surface area (Å²) in [4.78, 5) is 0. The van der Waals surface area contributed by atoms with Crippen molar-refractivity contribution in [2.75, 3.05) is 0 Å². The molecule has 5 nitrogen and oxygen atoms in total. The van der Waals surface area contributed by atoms with Crippen molar-refractivity contribution in [3.05, 3.63) is 35.4 Å². The molecule has 86 valence electrons. The first-order chi connectivity index (χ1) is 7.65. The number of nitrogens with one attached hydrogen (secondary N) is 1. The molecule has 16 heavy (non-hydrogen) atoms. The Hall–Kier alpha value is -1.62. The molecule has 2 aromatic heterocycles. The van der Waals surface area contributed by atoms with Crippen molar-refractivity contribution in [2.24, 2.45) is 14.1 Å².